The third-order valence-electron chi connectivity index (χ3n) is 2.53. The van der Waals surface area contributed by atoms with Crippen LogP contribution >= 0.6 is 11.7 Å². The number of hydrogen-bond acceptors (Lipinski definition) is 4. The van der Waals surface area contributed by atoms with Crippen LogP contribution in [0.25, 0.3) is 11.3 Å². The summed E-state index contributed by atoms with van der Waals surface area (Å²) in [6.07, 6.45) is 1.09. The van der Waals surface area contributed by atoms with Crippen molar-refractivity contribution in [3.63, 3.8) is 0 Å². The van der Waals surface area contributed by atoms with E-state index in [-0.39, 0.29) is 0 Å². The van der Waals surface area contributed by atoms with Crippen molar-refractivity contribution in [1.82, 2.24) is 8.75 Å². The van der Waals surface area contributed by atoms with E-state index in [1.807, 2.05) is 0 Å². The molecule has 0 amide bonds. The minimum Gasteiger partial charge on any atom is -0.367 e. The predicted octanol–water partition coefficient (Wildman–Crippen LogP) is 3.64. The molecule has 2 aromatic rings. The van der Waals surface area contributed by atoms with Crippen molar-refractivity contribution >= 4 is 17.5 Å². The van der Waals surface area contributed by atoms with E-state index in [1.165, 1.54) is 22.9 Å². The number of nitrogens with zero attached hydrogens (tertiary/aromatic N) is 2. The average Bonchev–Trinajstić information content (AvgIpc) is 2.73. The number of hydrogen-bond donors (Lipinski definition) is 1. The molecule has 0 bridgehead atoms. The van der Waals surface area contributed by atoms with Crippen LogP contribution in [0.15, 0.2) is 18.2 Å². The summed E-state index contributed by atoms with van der Waals surface area (Å²) in [5.41, 5.74) is 4.63. The monoisotopic (exact) mass is 247 g/mol. The Morgan fingerprint density at radius 3 is 2.47 bits per heavy atom. The van der Waals surface area contributed by atoms with Crippen LogP contribution in [0.1, 0.15) is 24.5 Å². The smallest absolute Gasteiger partial charge is 0.168 e. The molecule has 4 heteroatoms. The highest BCUT2D eigenvalue weighted by Crippen LogP contribution is 2.27. The largest absolute Gasteiger partial charge is 0.367 e. The van der Waals surface area contributed by atoms with E-state index in [1.54, 1.807) is 0 Å². The normalized spacial score (nSPS) is 10.5. The van der Waals surface area contributed by atoms with Crippen LogP contribution in [0.2, 0.25) is 0 Å². The molecule has 0 saturated carbocycles. The van der Waals surface area contributed by atoms with E-state index in [0.29, 0.717) is 0 Å². The molecule has 0 atom stereocenters. The van der Waals surface area contributed by atoms with E-state index >= 15 is 0 Å². The third-order valence-corrected chi connectivity index (χ3v) is 3.05. The fraction of sp³-hybridized carbons (Fsp3) is 0.385. The minimum absolute atomic E-state index is 0.904. The summed E-state index contributed by atoms with van der Waals surface area (Å²) in [6, 6.07) is 6.48. The maximum atomic E-state index is 4.39. The fourth-order valence-corrected chi connectivity index (χ4v) is 2.40. The van der Waals surface area contributed by atoms with Crippen LogP contribution < -0.4 is 5.32 Å². The van der Waals surface area contributed by atoms with Gasteiger partial charge in [0.05, 0.1) is 11.7 Å². The molecule has 0 aliphatic heterocycles. The highest BCUT2D eigenvalue weighted by Gasteiger charge is 2.10. The zero-order valence-electron chi connectivity index (χ0n) is 10.4. The van der Waals surface area contributed by atoms with Gasteiger partial charge in [-0.15, -0.1) is 0 Å². The number of rotatable bonds is 4. The van der Waals surface area contributed by atoms with E-state index in [0.717, 1.165) is 30.0 Å². The number of aryl methyl sites for hydroxylation is 2. The lowest BCUT2D eigenvalue weighted by Crippen LogP contribution is -2.01. The van der Waals surface area contributed by atoms with Gasteiger partial charge in [-0.3, -0.25) is 0 Å². The Hall–Kier alpha value is -1.42. The molecule has 1 aromatic carbocycles. The summed E-state index contributed by atoms with van der Waals surface area (Å²) in [5, 5.41) is 3.32. The number of benzene rings is 1. The summed E-state index contributed by atoms with van der Waals surface area (Å²) in [6.45, 7) is 7.29. The first kappa shape index (κ1) is 12.0. The molecule has 0 aliphatic rings. The van der Waals surface area contributed by atoms with Gasteiger partial charge < -0.3 is 5.32 Å². The van der Waals surface area contributed by atoms with Crippen LogP contribution in [0.5, 0.6) is 0 Å². The molecule has 2 rings (SSSR count). The maximum Gasteiger partial charge on any atom is 0.168 e. The van der Waals surface area contributed by atoms with Gasteiger partial charge in [0.2, 0.25) is 0 Å². The first-order valence-electron chi connectivity index (χ1n) is 5.86. The predicted molar refractivity (Wildman–Crippen MR) is 73.6 cm³/mol. The molecule has 0 aliphatic carbocycles. The molecule has 0 fully saturated rings. The van der Waals surface area contributed by atoms with Crippen LogP contribution in [-0.2, 0) is 0 Å². The van der Waals surface area contributed by atoms with E-state index < -0.39 is 0 Å². The highest BCUT2D eigenvalue weighted by atomic mass is 32.1. The Morgan fingerprint density at radius 1 is 1.12 bits per heavy atom. The zero-order valence-corrected chi connectivity index (χ0v) is 11.3. The molecular weight excluding hydrogens is 230 g/mol. The number of nitrogens with one attached hydrogen (secondary N) is 1. The molecule has 1 aromatic heterocycles. The first-order valence-corrected chi connectivity index (χ1v) is 6.59. The molecule has 1 heterocycles. The van der Waals surface area contributed by atoms with E-state index in [4.69, 9.17) is 0 Å². The van der Waals surface area contributed by atoms with Gasteiger partial charge in [0.25, 0.3) is 0 Å². The quantitative estimate of drug-likeness (QED) is 0.896. The standard InChI is InChI=1S/C13H17N3S/c1-4-5-14-13-12(15-17-16-13)11-7-9(2)6-10(3)8-11/h6-8H,4-5H2,1-3H3,(H,14,16). The Bertz CT molecular complexity index is 485. The van der Waals surface area contributed by atoms with Gasteiger partial charge >= 0.3 is 0 Å². The van der Waals surface area contributed by atoms with Crippen molar-refractivity contribution in [2.45, 2.75) is 27.2 Å². The van der Waals surface area contributed by atoms with Gasteiger partial charge in [-0.2, -0.15) is 8.75 Å². The SMILES string of the molecule is CCCNc1nsnc1-c1cc(C)cc(C)c1. The summed E-state index contributed by atoms with van der Waals surface area (Å²) < 4.78 is 8.70. The first-order chi connectivity index (χ1) is 8.20. The highest BCUT2D eigenvalue weighted by molar-refractivity contribution is 6.99. The molecule has 0 unspecified atom stereocenters. The molecular formula is C13H17N3S. The van der Waals surface area contributed by atoms with Crippen LogP contribution in [-0.4, -0.2) is 15.3 Å². The Kier molecular flexibility index (Phi) is 3.74. The lowest BCUT2D eigenvalue weighted by atomic mass is 10.1. The van der Waals surface area contributed by atoms with Crippen LogP contribution in [0.4, 0.5) is 5.82 Å². The molecule has 0 radical (unpaired) electrons. The second kappa shape index (κ2) is 5.27. The second-order valence-electron chi connectivity index (χ2n) is 4.26. The van der Waals surface area contributed by atoms with Crippen LogP contribution in [0.3, 0.4) is 0 Å². The molecule has 1 N–H and O–H groups in total. The fourth-order valence-electron chi connectivity index (χ4n) is 1.85. The van der Waals surface area contributed by atoms with Crippen molar-refractivity contribution < 1.29 is 0 Å². The molecule has 3 nitrogen and oxygen atoms in total. The third kappa shape index (κ3) is 2.82. The second-order valence-corrected chi connectivity index (χ2v) is 4.79. The van der Waals surface area contributed by atoms with Gasteiger partial charge in [-0.25, -0.2) is 0 Å². The summed E-state index contributed by atoms with van der Waals surface area (Å²) in [7, 11) is 0. The summed E-state index contributed by atoms with van der Waals surface area (Å²) >= 11 is 1.26. The van der Waals surface area contributed by atoms with Crippen molar-refractivity contribution in [3.8, 4) is 11.3 Å². The van der Waals surface area contributed by atoms with Gasteiger partial charge in [-0.1, -0.05) is 24.1 Å². The Morgan fingerprint density at radius 2 is 1.82 bits per heavy atom. The van der Waals surface area contributed by atoms with Gasteiger partial charge in [0.15, 0.2) is 5.82 Å². The average molecular weight is 247 g/mol. The van der Waals surface area contributed by atoms with Crippen molar-refractivity contribution in [1.29, 1.82) is 0 Å². The molecule has 17 heavy (non-hydrogen) atoms. The zero-order chi connectivity index (χ0) is 12.3. The maximum absolute atomic E-state index is 4.39. The molecule has 0 spiro atoms. The Balaban J connectivity index is 2.35. The lowest BCUT2D eigenvalue weighted by molar-refractivity contribution is 0.974. The van der Waals surface area contributed by atoms with Crippen molar-refractivity contribution in [3.05, 3.63) is 29.3 Å². The van der Waals surface area contributed by atoms with Gasteiger partial charge in [0.1, 0.15) is 5.69 Å². The number of aromatic nitrogens is 2. The van der Waals surface area contributed by atoms with Gasteiger partial charge in [-0.05, 0) is 32.4 Å². The van der Waals surface area contributed by atoms with E-state index in [9.17, 15) is 0 Å². The minimum atomic E-state index is 0.904. The summed E-state index contributed by atoms with van der Waals surface area (Å²) in [5.74, 6) is 0.904. The van der Waals surface area contributed by atoms with Crippen LogP contribution in [0, 0.1) is 13.8 Å². The lowest BCUT2D eigenvalue weighted by Gasteiger charge is -2.05. The van der Waals surface area contributed by atoms with E-state index in [2.05, 4.69) is 53.0 Å². The summed E-state index contributed by atoms with van der Waals surface area (Å²) in [4.78, 5) is 0. The molecule has 90 valence electrons. The number of anilines is 1. The van der Waals surface area contributed by atoms with Crippen molar-refractivity contribution in [2.24, 2.45) is 0 Å². The Labute approximate surface area is 106 Å². The molecule has 0 saturated heterocycles. The van der Waals surface area contributed by atoms with Crippen molar-refractivity contribution in [2.75, 3.05) is 11.9 Å². The van der Waals surface area contributed by atoms with Gasteiger partial charge in [0, 0.05) is 12.1 Å². The topological polar surface area (TPSA) is 37.8 Å².